The molecule has 0 aliphatic heterocycles. The molecule has 0 spiro atoms. The monoisotopic (exact) mass is 343 g/mol. The summed E-state index contributed by atoms with van der Waals surface area (Å²) in [6.45, 7) is 4.94. The van der Waals surface area contributed by atoms with Gasteiger partial charge in [-0.05, 0) is 25.5 Å². The van der Waals surface area contributed by atoms with E-state index in [9.17, 15) is 14.9 Å². The maximum absolute atomic E-state index is 11.4. The Morgan fingerprint density at radius 1 is 1.45 bits per heavy atom. The van der Waals surface area contributed by atoms with E-state index in [4.69, 9.17) is 0 Å². The van der Waals surface area contributed by atoms with E-state index in [0.29, 0.717) is 24.0 Å². The quantitative estimate of drug-likeness (QED) is 0.452. The normalized spacial score (nSPS) is 10.6. The van der Waals surface area contributed by atoms with E-state index >= 15 is 0 Å². The summed E-state index contributed by atoms with van der Waals surface area (Å²) in [5.41, 5.74) is 0.969. The third-order valence-electron chi connectivity index (χ3n) is 2.54. The molecule has 1 aromatic rings. The lowest BCUT2D eigenvalue weighted by Gasteiger charge is -2.09. The van der Waals surface area contributed by atoms with Crippen molar-refractivity contribution in [2.45, 2.75) is 32.9 Å². The summed E-state index contributed by atoms with van der Waals surface area (Å²) < 4.78 is 0.686. The van der Waals surface area contributed by atoms with Gasteiger partial charge >= 0.3 is 0 Å². The molecule has 1 aromatic carbocycles. The second-order valence-electron chi connectivity index (χ2n) is 4.68. The molecular formula is C13H18BrN3O3. The number of nitro benzene ring substituents is 1. The average Bonchev–Trinajstić information content (AvgIpc) is 2.35. The average molecular weight is 344 g/mol. The first-order valence-corrected chi connectivity index (χ1v) is 7.12. The smallest absolute Gasteiger partial charge is 0.270 e. The van der Waals surface area contributed by atoms with Gasteiger partial charge in [-0.15, -0.1) is 0 Å². The number of hydrogen-bond acceptors (Lipinski definition) is 4. The Morgan fingerprint density at radius 3 is 2.70 bits per heavy atom. The lowest BCUT2D eigenvalue weighted by molar-refractivity contribution is -0.384. The van der Waals surface area contributed by atoms with Gasteiger partial charge in [-0.2, -0.15) is 0 Å². The number of nitrogens with zero attached hydrogens (tertiary/aromatic N) is 1. The summed E-state index contributed by atoms with van der Waals surface area (Å²) in [6.07, 6.45) is 0.406. The number of carbonyl (C=O) groups is 1. The minimum absolute atomic E-state index is 0.00950. The van der Waals surface area contributed by atoms with Crippen molar-refractivity contribution in [2.24, 2.45) is 0 Å². The van der Waals surface area contributed by atoms with Crippen molar-refractivity contribution in [3.05, 3.63) is 38.3 Å². The Hall–Kier alpha value is -1.47. The fourth-order valence-corrected chi connectivity index (χ4v) is 2.12. The maximum Gasteiger partial charge on any atom is 0.270 e. The fraction of sp³-hybridized carbons (Fsp3) is 0.462. The van der Waals surface area contributed by atoms with Crippen molar-refractivity contribution in [3.63, 3.8) is 0 Å². The lowest BCUT2D eigenvalue weighted by atomic mass is 10.2. The molecule has 0 aliphatic carbocycles. The van der Waals surface area contributed by atoms with Crippen molar-refractivity contribution < 1.29 is 9.72 Å². The number of carbonyl (C=O) groups excluding carboxylic acids is 1. The van der Waals surface area contributed by atoms with E-state index in [2.05, 4.69) is 26.6 Å². The Kier molecular flexibility index (Phi) is 6.60. The summed E-state index contributed by atoms with van der Waals surface area (Å²) in [5, 5.41) is 16.6. The first kappa shape index (κ1) is 16.6. The highest BCUT2D eigenvalue weighted by atomic mass is 79.9. The zero-order valence-electron chi connectivity index (χ0n) is 11.5. The fourth-order valence-electron chi connectivity index (χ4n) is 1.61. The van der Waals surface area contributed by atoms with Gasteiger partial charge in [0.1, 0.15) is 0 Å². The summed E-state index contributed by atoms with van der Waals surface area (Å²) in [6, 6.07) is 4.78. The summed E-state index contributed by atoms with van der Waals surface area (Å²) in [4.78, 5) is 21.6. The minimum atomic E-state index is -0.432. The van der Waals surface area contributed by atoms with Gasteiger partial charge in [-0.3, -0.25) is 14.9 Å². The molecule has 0 saturated heterocycles. The zero-order valence-corrected chi connectivity index (χ0v) is 13.1. The summed E-state index contributed by atoms with van der Waals surface area (Å²) in [7, 11) is 0. The number of amides is 1. The number of nitrogens with one attached hydrogen (secondary N) is 2. The molecule has 2 N–H and O–H groups in total. The van der Waals surface area contributed by atoms with E-state index in [0.717, 1.165) is 5.56 Å². The molecule has 110 valence electrons. The predicted molar refractivity (Wildman–Crippen MR) is 80.4 cm³/mol. The Labute approximate surface area is 126 Å². The van der Waals surface area contributed by atoms with Crippen LogP contribution in [0.3, 0.4) is 0 Å². The number of non-ortho nitro benzene ring substituents is 1. The van der Waals surface area contributed by atoms with Crippen molar-refractivity contribution in [3.8, 4) is 0 Å². The van der Waals surface area contributed by atoms with Gasteiger partial charge in [0.2, 0.25) is 5.91 Å². The number of nitro groups is 1. The molecule has 0 heterocycles. The highest BCUT2D eigenvalue weighted by molar-refractivity contribution is 9.10. The molecule has 0 atom stereocenters. The number of hydrogen-bond donors (Lipinski definition) is 2. The zero-order chi connectivity index (χ0) is 15.1. The number of halogens is 1. The topological polar surface area (TPSA) is 84.3 Å². The van der Waals surface area contributed by atoms with Gasteiger partial charge < -0.3 is 10.6 Å². The van der Waals surface area contributed by atoms with Crippen LogP contribution in [-0.4, -0.2) is 23.4 Å². The largest absolute Gasteiger partial charge is 0.354 e. The molecule has 0 radical (unpaired) electrons. The van der Waals surface area contributed by atoms with Gasteiger partial charge in [0.05, 0.1) is 4.92 Å². The third kappa shape index (κ3) is 5.66. The van der Waals surface area contributed by atoms with Crippen LogP contribution in [-0.2, 0) is 11.3 Å². The molecule has 1 rings (SSSR count). The molecule has 0 fully saturated rings. The molecule has 20 heavy (non-hydrogen) atoms. The summed E-state index contributed by atoms with van der Waals surface area (Å²) in [5.74, 6) is 0.00950. The van der Waals surface area contributed by atoms with Crippen molar-refractivity contribution >= 4 is 27.5 Å². The Morgan fingerprint density at radius 2 is 2.15 bits per heavy atom. The molecule has 0 aromatic heterocycles. The first-order valence-electron chi connectivity index (χ1n) is 6.33. The second kappa shape index (κ2) is 7.96. The molecule has 0 bridgehead atoms. The van der Waals surface area contributed by atoms with Crippen LogP contribution >= 0.6 is 15.9 Å². The van der Waals surface area contributed by atoms with E-state index in [1.165, 1.54) is 12.1 Å². The Balaban J connectivity index is 2.39. The van der Waals surface area contributed by atoms with E-state index in [-0.39, 0.29) is 17.6 Å². The van der Waals surface area contributed by atoms with Gasteiger partial charge in [0.15, 0.2) is 0 Å². The van der Waals surface area contributed by atoms with Gasteiger partial charge in [0.25, 0.3) is 5.69 Å². The van der Waals surface area contributed by atoms with E-state index in [1.807, 2.05) is 13.8 Å². The van der Waals surface area contributed by atoms with Gasteiger partial charge in [0, 0.05) is 42.2 Å². The van der Waals surface area contributed by atoms with Crippen LogP contribution in [0.5, 0.6) is 0 Å². The van der Waals surface area contributed by atoms with Crippen molar-refractivity contribution in [2.75, 3.05) is 6.54 Å². The molecule has 7 heteroatoms. The van der Waals surface area contributed by atoms with Crippen molar-refractivity contribution in [1.82, 2.24) is 10.6 Å². The third-order valence-corrected chi connectivity index (χ3v) is 3.28. The maximum atomic E-state index is 11.4. The van der Waals surface area contributed by atoms with Crippen LogP contribution in [0.4, 0.5) is 5.69 Å². The highest BCUT2D eigenvalue weighted by Crippen LogP contribution is 2.22. The van der Waals surface area contributed by atoms with E-state index < -0.39 is 4.92 Å². The molecule has 6 nitrogen and oxygen atoms in total. The van der Waals surface area contributed by atoms with E-state index in [1.54, 1.807) is 6.07 Å². The van der Waals surface area contributed by atoms with Gasteiger partial charge in [-0.25, -0.2) is 0 Å². The van der Waals surface area contributed by atoms with Crippen LogP contribution in [0.25, 0.3) is 0 Å². The molecule has 1 amide bonds. The Bertz CT molecular complexity index is 492. The minimum Gasteiger partial charge on any atom is -0.354 e. The summed E-state index contributed by atoms with van der Waals surface area (Å²) >= 11 is 3.31. The SMILES string of the molecule is CC(C)NC(=O)CCNCc1ccc([N+](=O)[O-])cc1Br. The first-order chi connectivity index (χ1) is 9.40. The molecular weight excluding hydrogens is 326 g/mol. The van der Waals surface area contributed by atoms with Crippen LogP contribution in [0.15, 0.2) is 22.7 Å². The van der Waals surface area contributed by atoms with Crippen LogP contribution in [0, 0.1) is 10.1 Å². The predicted octanol–water partition coefficient (Wildman–Crippen LogP) is 2.36. The van der Waals surface area contributed by atoms with Gasteiger partial charge in [-0.1, -0.05) is 15.9 Å². The lowest BCUT2D eigenvalue weighted by Crippen LogP contribution is -2.32. The second-order valence-corrected chi connectivity index (χ2v) is 5.54. The molecule has 0 aliphatic rings. The molecule has 0 saturated carbocycles. The van der Waals surface area contributed by atoms with Crippen LogP contribution in [0.1, 0.15) is 25.8 Å². The molecule has 0 unspecified atom stereocenters. The van der Waals surface area contributed by atoms with Crippen molar-refractivity contribution in [1.29, 1.82) is 0 Å². The standard InChI is InChI=1S/C13H18BrN3O3/c1-9(2)16-13(18)5-6-15-8-10-3-4-11(17(19)20)7-12(10)14/h3-4,7,9,15H,5-6,8H2,1-2H3,(H,16,18). The van der Waals surface area contributed by atoms with Crippen LogP contribution in [0.2, 0.25) is 0 Å². The number of benzene rings is 1. The number of rotatable bonds is 7. The van der Waals surface area contributed by atoms with Crippen LogP contribution < -0.4 is 10.6 Å². The highest BCUT2D eigenvalue weighted by Gasteiger charge is 2.09.